The van der Waals surface area contributed by atoms with Crippen LogP contribution in [0, 0.1) is 0 Å². The number of fused-ring (bicyclic) bond motifs is 1. The van der Waals surface area contributed by atoms with Crippen molar-refractivity contribution in [2.75, 3.05) is 18.6 Å². The lowest BCUT2D eigenvalue weighted by molar-refractivity contribution is 0.455. The fraction of sp³-hybridized carbons (Fsp3) is 0.714. The van der Waals surface area contributed by atoms with Crippen molar-refractivity contribution >= 4 is 39.0 Å². The van der Waals surface area contributed by atoms with Crippen LogP contribution in [0.2, 0.25) is 0 Å². The normalized spacial score (nSPS) is 18.9. The van der Waals surface area contributed by atoms with Gasteiger partial charge in [0, 0.05) is 10.9 Å². The molecule has 1 heterocycles. The highest BCUT2D eigenvalue weighted by Gasteiger charge is 2.21. The van der Waals surface area contributed by atoms with Gasteiger partial charge < -0.3 is 5.32 Å². The van der Waals surface area contributed by atoms with Gasteiger partial charge in [0.1, 0.15) is 0 Å². The smallest absolute Gasteiger partial charge is 0.0704 e. The molecule has 1 unspecified atom stereocenters. The number of hydrogen-bond acceptors (Lipinski definition) is 3. The predicted molar refractivity (Wildman–Crippen MR) is 87.9 cm³/mol. The molecule has 0 amide bonds. The maximum atomic E-state index is 3.75. The molecule has 102 valence electrons. The minimum absolute atomic E-state index is 0.608. The van der Waals surface area contributed by atoms with Gasteiger partial charge in [0.2, 0.25) is 0 Å². The van der Waals surface area contributed by atoms with Gasteiger partial charge in [-0.15, -0.1) is 11.3 Å². The highest BCUT2D eigenvalue weighted by molar-refractivity contribution is 9.11. The molecule has 0 bridgehead atoms. The summed E-state index contributed by atoms with van der Waals surface area (Å²) >= 11 is 7.49. The number of aryl methyl sites for hydroxylation is 1. The number of hydrogen-bond donors (Lipinski definition) is 1. The first-order chi connectivity index (χ1) is 8.81. The molecule has 0 radical (unpaired) electrons. The van der Waals surface area contributed by atoms with Crippen molar-refractivity contribution in [3.63, 3.8) is 0 Å². The van der Waals surface area contributed by atoms with Gasteiger partial charge in [-0.2, -0.15) is 11.8 Å². The molecule has 1 aliphatic rings. The molecule has 1 nitrogen and oxygen atoms in total. The Bertz CT molecular complexity index is 365. The Morgan fingerprint density at radius 3 is 3.17 bits per heavy atom. The van der Waals surface area contributed by atoms with Gasteiger partial charge in [0.15, 0.2) is 0 Å². The molecule has 1 aromatic heterocycles. The topological polar surface area (TPSA) is 12.0 Å². The summed E-state index contributed by atoms with van der Waals surface area (Å²) in [6.45, 7) is 1.17. The van der Waals surface area contributed by atoms with Crippen LogP contribution in [0.3, 0.4) is 0 Å². The van der Waals surface area contributed by atoms with Crippen molar-refractivity contribution in [3.05, 3.63) is 20.3 Å². The second kappa shape index (κ2) is 7.93. The standard InChI is InChI=1S/C14H22BrNS2/c1-17-9-4-2-3-8-16-12-6-5-7-13-11(12)10-14(15)18-13/h10,12,16H,2-9H2,1H3. The SMILES string of the molecule is CSCCCCCNC1CCCc2sc(Br)cc21. The Balaban J connectivity index is 1.74. The van der Waals surface area contributed by atoms with Gasteiger partial charge in [-0.25, -0.2) is 0 Å². The van der Waals surface area contributed by atoms with E-state index >= 15 is 0 Å². The maximum absolute atomic E-state index is 3.75. The molecule has 0 aromatic carbocycles. The molecule has 0 fully saturated rings. The van der Waals surface area contributed by atoms with E-state index in [1.54, 1.807) is 10.4 Å². The summed E-state index contributed by atoms with van der Waals surface area (Å²) in [5.41, 5.74) is 1.56. The van der Waals surface area contributed by atoms with E-state index in [0.29, 0.717) is 6.04 Å². The Labute approximate surface area is 127 Å². The van der Waals surface area contributed by atoms with Crippen molar-refractivity contribution in [3.8, 4) is 0 Å². The molecule has 18 heavy (non-hydrogen) atoms. The van der Waals surface area contributed by atoms with Crippen LogP contribution in [0.4, 0.5) is 0 Å². The summed E-state index contributed by atoms with van der Waals surface area (Å²) in [5, 5.41) is 3.75. The van der Waals surface area contributed by atoms with Crippen LogP contribution in [0.15, 0.2) is 9.85 Å². The van der Waals surface area contributed by atoms with Crippen LogP contribution >= 0.6 is 39.0 Å². The number of thioether (sulfide) groups is 1. The molecule has 0 aliphatic heterocycles. The summed E-state index contributed by atoms with van der Waals surface area (Å²) in [7, 11) is 0. The number of rotatable bonds is 7. The third-order valence-corrected chi connectivity index (χ3v) is 5.91. The quantitative estimate of drug-likeness (QED) is 0.695. The van der Waals surface area contributed by atoms with Crippen LogP contribution in [0.5, 0.6) is 0 Å². The molecule has 0 saturated carbocycles. The Morgan fingerprint density at radius 2 is 2.33 bits per heavy atom. The van der Waals surface area contributed by atoms with Crippen molar-refractivity contribution in [1.82, 2.24) is 5.32 Å². The first-order valence-corrected chi connectivity index (χ1v) is 9.82. The van der Waals surface area contributed by atoms with Gasteiger partial charge in [-0.3, -0.25) is 0 Å². The molecular weight excluding hydrogens is 326 g/mol. The molecular formula is C14H22BrNS2. The average molecular weight is 348 g/mol. The largest absolute Gasteiger partial charge is 0.310 e. The fourth-order valence-corrected chi connectivity index (χ4v) is 4.87. The molecule has 1 atom stereocenters. The second-order valence-electron chi connectivity index (χ2n) is 4.88. The Kier molecular flexibility index (Phi) is 6.56. The Morgan fingerprint density at radius 1 is 1.44 bits per heavy atom. The third-order valence-electron chi connectivity index (χ3n) is 3.50. The summed E-state index contributed by atoms with van der Waals surface area (Å²) in [6, 6.07) is 2.93. The van der Waals surface area contributed by atoms with Crippen molar-refractivity contribution in [2.45, 2.75) is 44.6 Å². The molecule has 2 rings (SSSR count). The summed E-state index contributed by atoms with van der Waals surface area (Å²) < 4.78 is 1.29. The van der Waals surface area contributed by atoms with Crippen LogP contribution in [0.1, 0.15) is 48.6 Å². The van der Waals surface area contributed by atoms with E-state index in [9.17, 15) is 0 Å². The van der Waals surface area contributed by atoms with E-state index in [4.69, 9.17) is 0 Å². The van der Waals surface area contributed by atoms with E-state index < -0.39 is 0 Å². The van der Waals surface area contributed by atoms with E-state index in [2.05, 4.69) is 33.6 Å². The molecule has 0 saturated heterocycles. The first-order valence-electron chi connectivity index (χ1n) is 6.81. The lowest BCUT2D eigenvalue weighted by Gasteiger charge is -2.23. The first kappa shape index (κ1) is 14.9. The van der Waals surface area contributed by atoms with E-state index in [1.807, 2.05) is 23.1 Å². The molecule has 1 N–H and O–H groups in total. The highest BCUT2D eigenvalue weighted by Crippen LogP contribution is 2.37. The predicted octanol–water partition coefficient (Wildman–Crippen LogP) is 5.01. The summed E-state index contributed by atoms with van der Waals surface area (Å²) in [6.07, 6.45) is 10.2. The lowest BCUT2D eigenvalue weighted by Crippen LogP contribution is -2.25. The monoisotopic (exact) mass is 347 g/mol. The molecule has 1 aliphatic carbocycles. The number of thiophene rings is 1. The van der Waals surface area contributed by atoms with Gasteiger partial charge in [0.05, 0.1) is 3.79 Å². The number of nitrogens with one attached hydrogen (secondary N) is 1. The van der Waals surface area contributed by atoms with Crippen LogP contribution in [0.25, 0.3) is 0 Å². The molecule has 4 heteroatoms. The maximum Gasteiger partial charge on any atom is 0.0704 e. The summed E-state index contributed by atoms with van der Waals surface area (Å²) in [5.74, 6) is 1.31. The number of unbranched alkanes of at least 4 members (excludes halogenated alkanes) is 2. The van der Waals surface area contributed by atoms with Crippen molar-refractivity contribution < 1.29 is 0 Å². The molecule has 1 aromatic rings. The van der Waals surface area contributed by atoms with Crippen molar-refractivity contribution in [1.29, 1.82) is 0 Å². The van der Waals surface area contributed by atoms with Gasteiger partial charge in [-0.1, -0.05) is 6.42 Å². The fourth-order valence-electron chi connectivity index (χ4n) is 2.56. The third kappa shape index (κ3) is 4.26. The summed E-state index contributed by atoms with van der Waals surface area (Å²) in [4.78, 5) is 1.59. The zero-order valence-electron chi connectivity index (χ0n) is 11.0. The Hall–Kier alpha value is 0.490. The van der Waals surface area contributed by atoms with Gasteiger partial charge >= 0.3 is 0 Å². The van der Waals surface area contributed by atoms with E-state index in [-0.39, 0.29) is 0 Å². The molecule has 0 spiro atoms. The minimum Gasteiger partial charge on any atom is -0.310 e. The zero-order chi connectivity index (χ0) is 12.8. The van der Waals surface area contributed by atoms with E-state index in [1.165, 1.54) is 54.6 Å². The second-order valence-corrected chi connectivity index (χ2v) is 8.38. The number of halogens is 1. The van der Waals surface area contributed by atoms with Gasteiger partial charge in [-0.05, 0) is 78.2 Å². The van der Waals surface area contributed by atoms with Crippen LogP contribution in [-0.2, 0) is 6.42 Å². The van der Waals surface area contributed by atoms with Crippen LogP contribution < -0.4 is 5.32 Å². The van der Waals surface area contributed by atoms with Crippen molar-refractivity contribution in [2.24, 2.45) is 0 Å². The average Bonchev–Trinajstić information content (AvgIpc) is 2.74. The van der Waals surface area contributed by atoms with Gasteiger partial charge in [0.25, 0.3) is 0 Å². The zero-order valence-corrected chi connectivity index (χ0v) is 14.2. The van der Waals surface area contributed by atoms with E-state index in [0.717, 1.165) is 0 Å². The van der Waals surface area contributed by atoms with Crippen LogP contribution in [-0.4, -0.2) is 18.6 Å². The highest BCUT2D eigenvalue weighted by atomic mass is 79.9. The minimum atomic E-state index is 0.608. The lowest BCUT2D eigenvalue weighted by atomic mass is 9.94.